The van der Waals surface area contributed by atoms with Crippen molar-refractivity contribution in [1.82, 2.24) is 19.9 Å². The highest BCUT2D eigenvalue weighted by Gasteiger charge is 2.39. The van der Waals surface area contributed by atoms with Crippen molar-refractivity contribution < 1.29 is 4.42 Å². The van der Waals surface area contributed by atoms with E-state index in [0.717, 1.165) is 44.5 Å². The van der Waals surface area contributed by atoms with Gasteiger partial charge in [0.15, 0.2) is 23.1 Å². The number of rotatable bonds is 5. The highest BCUT2D eigenvalue weighted by atomic mass is 32.2. The highest BCUT2D eigenvalue weighted by molar-refractivity contribution is 8.00. The van der Waals surface area contributed by atoms with E-state index in [2.05, 4.69) is 135 Å². The lowest BCUT2D eigenvalue weighted by Crippen LogP contribution is -2.15. The Hall–Kier alpha value is -6.37. The van der Waals surface area contributed by atoms with Crippen LogP contribution in [0.5, 0.6) is 0 Å². The van der Waals surface area contributed by atoms with Crippen LogP contribution in [0.3, 0.4) is 0 Å². The van der Waals surface area contributed by atoms with E-state index in [4.69, 9.17) is 24.4 Å². The molecule has 5 nitrogen and oxygen atoms in total. The van der Waals surface area contributed by atoms with Gasteiger partial charge in [-0.15, -0.1) is 11.8 Å². The largest absolute Gasteiger partial charge is 0.436 e. The topological polar surface area (TPSA) is 64.7 Å². The molecule has 8 aromatic rings. The fourth-order valence-corrected chi connectivity index (χ4v) is 10.0. The molecule has 55 heavy (non-hydrogen) atoms. The number of thioether (sulfide) groups is 1. The summed E-state index contributed by atoms with van der Waals surface area (Å²) in [5, 5.41) is 0.368. The molecular formula is C49H34N4OS. The van der Waals surface area contributed by atoms with E-state index in [1.54, 1.807) is 0 Å². The van der Waals surface area contributed by atoms with Gasteiger partial charge in [-0.1, -0.05) is 147 Å². The lowest BCUT2D eigenvalue weighted by molar-refractivity contribution is 0.593. The minimum absolute atomic E-state index is 0.344. The van der Waals surface area contributed by atoms with Crippen molar-refractivity contribution in [2.24, 2.45) is 0 Å². The van der Waals surface area contributed by atoms with Crippen LogP contribution in [-0.4, -0.2) is 25.2 Å². The number of benzene rings is 6. The van der Waals surface area contributed by atoms with Crippen molar-refractivity contribution in [3.63, 3.8) is 0 Å². The molecule has 0 N–H and O–H groups in total. The normalized spacial score (nSPS) is 17.2. The van der Waals surface area contributed by atoms with Crippen molar-refractivity contribution in [3.05, 3.63) is 174 Å². The molecule has 2 unspecified atom stereocenters. The third kappa shape index (κ3) is 5.16. The monoisotopic (exact) mass is 726 g/mol. The van der Waals surface area contributed by atoms with Crippen LogP contribution in [0, 0.1) is 0 Å². The van der Waals surface area contributed by atoms with Crippen molar-refractivity contribution in [3.8, 4) is 67.9 Å². The second-order valence-corrected chi connectivity index (χ2v) is 16.1. The zero-order chi connectivity index (χ0) is 36.7. The molecule has 3 heterocycles. The minimum atomic E-state index is -0.353. The molecular weight excluding hydrogens is 693 g/mol. The van der Waals surface area contributed by atoms with E-state index in [-0.39, 0.29) is 5.41 Å². The zero-order valence-electron chi connectivity index (χ0n) is 30.3. The number of allylic oxidation sites excluding steroid dienone is 3. The molecule has 1 aliphatic heterocycles. The molecule has 0 saturated carbocycles. The molecule has 0 fully saturated rings. The van der Waals surface area contributed by atoms with Crippen LogP contribution < -0.4 is 0 Å². The van der Waals surface area contributed by atoms with Crippen molar-refractivity contribution in [2.75, 3.05) is 0 Å². The van der Waals surface area contributed by atoms with Crippen LogP contribution in [0.25, 0.3) is 79.0 Å². The molecule has 6 heteroatoms. The lowest BCUT2D eigenvalue weighted by Gasteiger charge is -2.22. The van der Waals surface area contributed by atoms with Gasteiger partial charge in [-0.05, 0) is 57.6 Å². The molecule has 0 saturated heterocycles. The van der Waals surface area contributed by atoms with Crippen LogP contribution in [0.1, 0.15) is 36.5 Å². The molecule has 0 amide bonds. The quantitative estimate of drug-likeness (QED) is 0.176. The fraction of sp³-hybridized carbons (Fsp3) is 0.102. The van der Waals surface area contributed by atoms with Crippen LogP contribution >= 0.6 is 11.8 Å². The average molecular weight is 727 g/mol. The third-order valence-corrected chi connectivity index (χ3v) is 12.7. The predicted octanol–water partition coefficient (Wildman–Crippen LogP) is 12.3. The fourth-order valence-electron chi connectivity index (χ4n) is 8.55. The van der Waals surface area contributed by atoms with Gasteiger partial charge in [-0.25, -0.2) is 19.9 Å². The number of hydrogen-bond acceptors (Lipinski definition) is 6. The van der Waals surface area contributed by atoms with Crippen LogP contribution in [0.15, 0.2) is 167 Å². The summed E-state index contributed by atoms with van der Waals surface area (Å²) in [6.45, 7) is 4.55. The third-order valence-electron chi connectivity index (χ3n) is 11.3. The molecule has 6 aromatic carbocycles. The molecule has 11 rings (SSSR count). The van der Waals surface area contributed by atoms with Crippen LogP contribution in [0.4, 0.5) is 0 Å². The minimum Gasteiger partial charge on any atom is -0.436 e. The number of aromatic nitrogens is 4. The summed E-state index contributed by atoms with van der Waals surface area (Å²) in [4.78, 5) is 21.8. The first-order chi connectivity index (χ1) is 27.0. The summed E-state index contributed by atoms with van der Waals surface area (Å²) in [7, 11) is 0. The Morgan fingerprint density at radius 3 is 2.00 bits per heavy atom. The maximum atomic E-state index is 6.56. The number of oxazole rings is 1. The molecule has 0 radical (unpaired) electrons. The average Bonchev–Trinajstić information content (AvgIpc) is 3.91. The number of fused-ring (bicyclic) bond motifs is 8. The van der Waals surface area contributed by atoms with Gasteiger partial charge in [0, 0.05) is 49.3 Å². The molecule has 0 spiro atoms. The zero-order valence-corrected chi connectivity index (χ0v) is 31.1. The van der Waals surface area contributed by atoms with Crippen molar-refractivity contribution >= 4 is 22.9 Å². The summed E-state index contributed by atoms with van der Waals surface area (Å²) in [6.07, 6.45) is 8.92. The van der Waals surface area contributed by atoms with E-state index in [9.17, 15) is 0 Å². The Labute approximate surface area is 323 Å². The van der Waals surface area contributed by atoms with E-state index < -0.39 is 0 Å². The first-order valence-corrected chi connectivity index (χ1v) is 19.6. The van der Waals surface area contributed by atoms with Crippen molar-refractivity contribution in [1.29, 1.82) is 0 Å². The second kappa shape index (κ2) is 12.3. The van der Waals surface area contributed by atoms with Crippen molar-refractivity contribution in [2.45, 2.75) is 35.3 Å². The van der Waals surface area contributed by atoms with Gasteiger partial charge >= 0.3 is 0 Å². The van der Waals surface area contributed by atoms with E-state index in [1.165, 1.54) is 32.7 Å². The van der Waals surface area contributed by atoms with E-state index >= 15 is 0 Å². The Morgan fingerprint density at radius 1 is 0.545 bits per heavy atom. The first-order valence-electron chi connectivity index (χ1n) is 18.7. The van der Waals surface area contributed by atoms with Gasteiger partial charge in [0.05, 0.1) is 0 Å². The van der Waals surface area contributed by atoms with Gasteiger partial charge < -0.3 is 4.42 Å². The van der Waals surface area contributed by atoms with Crippen LogP contribution in [0.2, 0.25) is 0 Å². The van der Waals surface area contributed by atoms with Crippen LogP contribution in [-0.2, 0) is 5.41 Å². The van der Waals surface area contributed by atoms with Gasteiger partial charge in [0.1, 0.15) is 5.52 Å². The second-order valence-electron chi connectivity index (χ2n) is 15.0. The summed E-state index contributed by atoms with van der Waals surface area (Å²) < 4.78 is 6.56. The Bertz CT molecular complexity index is 2870. The van der Waals surface area contributed by atoms with Gasteiger partial charge in [-0.3, -0.25) is 0 Å². The first kappa shape index (κ1) is 32.1. The highest BCUT2D eigenvalue weighted by Crippen LogP contribution is 2.53. The smallest absolute Gasteiger partial charge is 0.227 e. The summed E-state index contributed by atoms with van der Waals surface area (Å²) in [5.41, 5.74) is 13.6. The molecule has 0 bridgehead atoms. The molecule has 2 atom stereocenters. The summed E-state index contributed by atoms with van der Waals surface area (Å²) >= 11 is 1.90. The summed E-state index contributed by atoms with van der Waals surface area (Å²) in [6, 6.07) is 46.5. The van der Waals surface area contributed by atoms with Gasteiger partial charge in [0.25, 0.3) is 0 Å². The Kier molecular flexibility index (Phi) is 7.20. The number of nitrogens with zero attached hydrogens (tertiary/aromatic N) is 4. The van der Waals surface area contributed by atoms with Gasteiger partial charge in [0.2, 0.25) is 5.89 Å². The molecule has 3 aliphatic rings. The van der Waals surface area contributed by atoms with Gasteiger partial charge in [-0.2, -0.15) is 0 Å². The number of hydrogen-bond donors (Lipinski definition) is 0. The maximum absolute atomic E-state index is 6.56. The SMILES string of the molecule is CC1(C)c2cc(-c3nc(-c4ccc(-c5ccccc5)cc4)nc(-c4cccc5c4SC4C=CC=CC54)n3)ccc2-c2ccc3nc(-c4ccccc4)oc3c21. The molecule has 2 aliphatic carbocycles. The standard InChI is InChI=1S/C49H34N4OS/c1-49(2)39-28-33(24-25-34(39)36-26-27-40-43(42(36)49)54-48(50-40)32-14-7-4-8-15-32)46-51-45(31-22-20-30(21-23-31)29-12-5-3-6-13-29)52-47(53-46)38-18-11-17-37-35-16-9-10-19-41(35)55-44(37)38/h3-28,35,41H,1-2H3. The maximum Gasteiger partial charge on any atom is 0.227 e. The lowest BCUT2D eigenvalue weighted by atomic mass is 9.81. The molecule has 2 aromatic heterocycles. The molecule has 262 valence electrons. The Balaban J connectivity index is 1.05. The predicted molar refractivity (Wildman–Crippen MR) is 223 cm³/mol. The van der Waals surface area contributed by atoms with E-state index in [0.29, 0.717) is 34.5 Å². The van der Waals surface area contributed by atoms with E-state index in [1.807, 2.05) is 48.2 Å². The Morgan fingerprint density at radius 2 is 1.20 bits per heavy atom. The summed E-state index contributed by atoms with van der Waals surface area (Å²) in [5.74, 6) is 2.96.